The largest absolute Gasteiger partial charge is 0.494 e. The fraction of sp³-hybridized carbons (Fsp3) is 0.545. The van der Waals surface area contributed by atoms with Gasteiger partial charge in [-0.15, -0.1) is 0 Å². The molecular formula is C11H17NO2. The molecule has 0 bridgehead atoms. The van der Waals surface area contributed by atoms with Crippen molar-refractivity contribution < 1.29 is 5.11 Å². The van der Waals surface area contributed by atoms with E-state index in [1.54, 1.807) is 19.1 Å². The van der Waals surface area contributed by atoms with Crippen molar-refractivity contribution in [1.29, 1.82) is 0 Å². The van der Waals surface area contributed by atoms with Crippen LogP contribution in [0.5, 0.6) is 5.88 Å². The van der Waals surface area contributed by atoms with Gasteiger partial charge >= 0.3 is 0 Å². The van der Waals surface area contributed by atoms with Crippen LogP contribution in [0.4, 0.5) is 0 Å². The lowest BCUT2D eigenvalue weighted by atomic mass is 10.1. The predicted octanol–water partition coefficient (Wildman–Crippen LogP) is 1.91. The van der Waals surface area contributed by atoms with Gasteiger partial charge in [0.2, 0.25) is 0 Å². The molecule has 0 aliphatic heterocycles. The molecule has 3 nitrogen and oxygen atoms in total. The summed E-state index contributed by atoms with van der Waals surface area (Å²) in [6.45, 7) is 6.57. The summed E-state index contributed by atoms with van der Waals surface area (Å²) in [6.07, 6.45) is 0.899. The van der Waals surface area contributed by atoms with Crippen molar-refractivity contribution in [3.05, 3.63) is 28.0 Å². The molecule has 1 heterocycles. The van der Waals surface area contributed by atoms with Crippen molar-refractivity contribution >= 4 is 0 Å². The van der Waals surface area contributed by atoms with E-state index in [9.17, 15) is 9.90 Å². The molecule has 0 atom stereocenters. The maximum Gasteiger partial charge on any atom is 0.253 e. The predicted molar refractivity (Wildman–Crippen MR) is 56.6 cm³/mol. The summed E-state index contributed by atoms with van der Waals surface area (Å²) >= 11 is 0. The van der Waals surface area contributed by atoms with Crippen molar-refractivity contribution in [2.24, 2.45) is 5.92 Å². The summed E-state index contributed by atoms with van der Waals surface area (Å²) in [4.78, 5) is 11.5. The molecule has 3 heteroatoms. The fourth-order valence-corrected chi connectivity index (χ4v) is 1.32. The molecule has 0 unspecified atom stereocenters. The van der Waals surface area contributed by atoms with E-state index in [0.29, 0.717) is 12.5 Å². The Morgan fingerprint density at radius 1 is 1.43 bits per heavy atom. The quantitative estimate of drug-likeness (QED) is 0.800. The third-order valence-electron chi connectivity index (χ3n) is 2.18. The van der Waals surface area contributed by atoms with E-state index >= 15 is 0 Å². The van der Waals surface area contributed by atoms with E-state index in [1.807, 2.05) is 0 Å². The van der Waals surface area contributed by atoms with Gasteiger partial charge in [-0.1, -0.05) is 13.8 Å². The third-order valence-corrected chi connectivity index (χ3v) is 2.18. The lowest BCUT2D eigenvalue weighted by molar-refractivity contribution is 0.389. The molecule has 0 aliphatic carbocycles. The molecule has 0 aliphatic rings. The molecule has 1 rings (SSSR count). The molecule has 1 aromatic heterocycles. The lowest BCUT2D eigenvalue weighted by Crippen LogP contribution is -2.20. The zero-order valence-corrected chi connectivity index (χ0v) is 8.95. The van der Waals surface area contributed by atoms with Crippen molar-refractivity contribution in [1.82, 2.24) is 4.57 Å². The van der Waals surface area contributed by atoms with Gasteiger partial charge < -0.3 is 5.11 Å². The normalized spacial score (nSPS) is 10.9. The van der Waals surface area contributed by atoms with Crippen molar-refractivity contribution in [2.45, 2.75) is 33.7 Å². The van der Waals surface area contributed by atoms with Gasteiger partial charge in [-0.2, -0.15) is 0 Å². The molecule has 0 saturated heterocycles. The zero-order chi connectivity index (χ0) is 10.7. The molecule has 1 N–H and O–H groups in total. The standard InChI is InChI=1S/C11H17NO2/c1-8(2)4-5-12-10(13)6-9(3)7-11(12)14/h6-8,13H,4-5H2,1-3H3. The van der Waals surface area contributed by atoms with Crippen LogP contribution in [-0.4, -0.2) is 9.67 Å². The second-order valence-electron chi connectivity index (χ2n) is 4.06. The first-order valence-corrected chi connectivity index (χ1v) is 4.91. The van der Waals surface area contributed by atoms with Gasteiger partial charge in [0, 0.05) is 18.7 Å². The number of aryl methyl sites for hydroxylation is 1. The average molecular weight is 195 g/mol. The first-order chi connectivity index (χ1) is 6.50. The number of hydrogen-bond donors (Lipinski definition) is 1. The molecule has 0 aromatic carbocycles. The van der Waals surface area contributed by atoms with Gasteiger partial charge in [0.1, 0.15) is 0 Å². The first kappa shape index (κ1) is 10.8. The third kappa shape index (κ3) is 2.62. The van der Waals surface area contributed by atoms with Crippen LogP contribution in [0, 0.1) is 12.8 Å². The van der Waals surface area contributed by atoms with Crippen LogP contribution < -0.4 is 5.56 Å². The minimum Gasteiger partial charge on any atom is -0.494 e. The highest BCUT2D eigenvalue weighted by atomic mass is 16.3. The van der Waals surface area contributed by atoms with Crippen molar-refractivity contribution in [3.8, 4) is 5.88 Å². The second kappa shape index (κ2) is 4.31. The average Bonchev–Trinajstić information content (AvgIpc) is 2.01. The van der Waals surface area contributed by atoms with Gasteiger partial charge in [-0.25, -0.2) is 0 Å². The fourth-order valence-electron chi connectivity index (χ4n) is 1.32. The Balaban J connectivity index is 2.92. The molecule has 1 aromatic rings. The molecule has 0 fully saturated rings. The highest BCUT2D eigenvalue weighted by Gasteiger charge is 2.04. The first-order valence-electron chi connectivity index (χ1n) is 4.91. The minimum absolute atomic E-state index is 0.0654. The van der Waals surface area contributed by atoms with Gasteiger partial charge in [0.05, 0.1) is 0 Å². The number of hydrogen-bond acceptors (Lipinski definition) is 2. The monoisotopic (exact) mass is 195 g/mol. The highest BCUT2D eigenvalue weighted by Crippen LogP contribution is 2.10. The SMILES string of the molecule is Cc1cc(O)n(CCC(C)C)c(=O)c1. The second-order valence-corrected chi connectivity index (χ2v) is 4.06. The maximum atomic E-state index is 11.5. The molecule has 0 amide bonds. The van der Waals surface area contributed by atoms with Crippen LogP contribution in [0.2, 0.25) is 0 Å². The molecular weight excluding hydrogens is 178 g/mol. The minimum atomic E-state index is -0.122. The maximum absolute atomic E-state index is 11.5. The number of pyridine rings is 1. The molecule has 0 spiro atoms. The van der Waals surface area contributed by atoms with Gasteiger partial charge in [0.15, 0.2) is 5.88 Å². The van der Waals surface area contributed by atoms with Crippen LogP contribution in [-0.2, 0) is 6.54 Å². The number of aromatic nitrogens is 1. The summed E-state index contributed by atoms with van der Waals surface area (Å²) in [5.41, 5.74) is 0.677. The molecule has 0 radical (unpaired) electrons. The van der Waals surface area contributed by atoms with Crippen LogP contribution in [0.1, 0.15) is 25.8 Å². The summed E-state index contributed by atoms with van der Waals surface area (Å²) in [6, 6.07) is 3.15. The molecule has 78 valence electrons. The highest BCUT2D eigenvalue weighted by molar-refractivity contribution is 5.19. The number of aromatic hydroxyl groups is 1. The Bertz CT molecular complexity index is 366. The van der Waals surface area contributed by atoms with Crippen molar-refractivity contribution in [3.63, 3.8) is 0 Å². The Hall–Kier alpha value is -1.25. The molecule has 0 saturated carbocycles. The van der Waals surface area contributed by atoms with Crippen LogP contribution in [0.3, 0.4) is 0 Å². The number of rotatable bonds is 3. The van der Waals surface area contributed by atoms with E-state index in [4.69, 9.17) is 0 Å². The summed E-state index contributed by atoms with van der Waals surface area (Å²) in [7, 11) is 0. The summed E-state index contributed by atoms with van der Waals surface area (Å²) in [5, 5.41) is 9.55. The van der Waals surface area contributed by atoms with Gasteiger partial charge in [-0.05, 0) is 24.8 Å². The van der Waals surface area contributed by atoms with Crippen molar-refractivity contribution in [2.75, 3.05) is 0 Å². The van der Waals surface area contributed by atoms with E-state index in [0.717, 1.165) is 12.0 Å². The Kier molecular flexibility index (Phi) is 3.33. The topological polar surface area (TPSA) is 42.2 Å². The van der Waals surface area contributed by atoms with Crippen LogP contribution in [0.15, 0.2) is 16.9 Å². The summed E-state index contributed by atoms with van der Waals surface area (Å²) in [5.74, 6) is 0.596. The van der Waals surface area contributed by atoms with E-state index < -0.39 is 0 Å². The van der Waals surface area contributed by atoms with Gasteiger partial charge in [-0.3, -0.25) is 9.36 Å². The van der Waals surface area contributed by atoms with Crippen LogP contribution >= 0.6 is 0 Å². The lowest BCUT2D eigenvalue weighted by Gasteiger charge is -2.10. The number of nitrogens with zero attached hydrogens (tertiary/aromatic N) is 1. The Morgan fingerprint density at radius 3 is 2.57 bits per heavy atom. The van der Waals surface area contributed by atoms with E-state index in [-0.39, 0.29) is 11.4 Å². The van der Waals surface area contributed by atoms with E-state index in [2.05, 4.69) is 13.8 Å². The van der Waals surface area contributed by atoms with E-state index in [1.165, 1.54) is 4.57 Å². The van der Waals surface area contributed by atoms with Crippen LogP contribution in [0.25, 0.3) is 0 Å². The zero-order valence-electron chi connectivity index (χ0n) is 8.95. The molecule has 14 heavy (non-hydrogen) atoms. The Labute approximate surface area is 84.0 Å². The Morgan fingerprint density at radius 2 is 2.07 bits per heavy atom. The summed E-state index contributed by atoms with van der Waals surface area (Å²) < 4.78 is 1.41. The van der Waals surface area contributed by atoms with Gasteiger partial charge in [0.25, 0.3) is 5.56 Å². The smallest absolute Gasteiger partial charge is 0.253 e.